The zero-order valence-electron chi connectivity index (χ0n) is 11.3. The Kier molecular flexibility index (Phi) is 3.53. The van der Waals surface area contributed by atoms with Crippen molar-refractivity contribution in [3.63, 3.8) is 0 Å². The van der Waals surface area contributed by atoms with Crippen LogP contribution in [0.25, 0.3) is 10.9 Å². The maximum absolute atomic E-state index is 3.38. The van der Waals surface area contributed by atoms with Crippen LogP contribution in [0.4, 0.5) is 0 Å². The monoisotopic (exact) mass is 230 g/mol. The average Bonchev–Trinajstić information content (AvgIpc) is 2.69. The normalized spacial score (nSPS) is 11.6. The van der Waals surface area contributed by atoms with Crippen LogP contribution in [-0.4, -0.2) is 23.0 Å². The van der Waals surface area contributed by atoms with Crippen LogP contribution in [0.15, 0.2) is 18.3 Å². The number of aromatic amines is 1. The lowest BCUT2D eigenvalue weighted by Gasteiger charge is -2.17. The van der Waals surface area contributed by atoms with Gasteiger partial charge in [-0.25, -0.2) is 0 Å². The lowest BCUT2D eigenvalue weighted by atomic mass is 10.1. The molecule has 1 aromatic carbocycles. The quantitative estimate of drug-likeness (QED) is 0.850. The second-order valence-corrected chi connectivity index (χ2v) is 4.76. The van der Waals surface area contributed by atoms with Crippen molar-refractivity contribution in [1.82, 2.24) is 9.88 Å². The maximum atomic E-state index is 3.38. The van der Waals surface area contributed by atoms with Gasteiger partial charge in [0.05, 0.1) is 0 Å². The van der Waals surface area contributed by atoms with E-state index in [1.807, 2.05) is 0 Å². The second-order valence-electron chi connectivity index (χ2n) is 4.76. The Hall–Kier alpha value is -1.28. The summed E-state index contributed by atoms with van der Waals surface area (Å²) in [6.45, 7) is 12.0. The minimum Gasteiger partial charge on any atom is -0.361 e. The third kappa shape index (κ3) is 2.37. The van der Waals surface area contributed by atoms with Gasteiger partial charge in [-0.15, -0.1) is 0 Å². The van der Waals surface area contributed by atoms with Crippen LogP contribution >= 0.6 is 0 Å². The van der Waals surface area contributed by atoms with E-state index in [9.17, 15) is 0 Å². The first-order chi connectivity index (χ1) is 8.15. The van der Waals surface area contributed by atoms with Crippen molar-refractivity contribution in [2.75, 3.05) is 13.1 Å². The van der Waals surface area contributed by atoms with Crippen molar-refractivity contribution in [3.8, 4) is 0 Å². The highest BCUT2D eigenvalue weighted by atomic mass is 15.1. The van der Waals surface area contributed by atoms with Crippen molar-refractivity contribution in [2.24, 2.45) is 0 Å². The Bertz CT molecular complexity index is 507. The van der Waals surface area contributed by atoms with Gasteiger partial charge in [0.25, 0.3) is 0 Å². The van der Waals surface area contributed by atoms with Gasteiger partial charge in [0.15, 0.2) is 0 Å². The zero-order valence-corrected chi connectivity index (χ0v) is 11.3. The van der Waals surface area contributed by atoms with Gasteiger partial charge >= 0.3 is 0 Å². The largest absolute Gasteiger partial charge is 0.361 e. The molecule has 0 atom stereocenters. The summed E-state index contributed by atoms with van der Waals surface area (Å²) in [5.74, 6) is 0. The van der Waals surface area contributed by atoms with Gasteiger partial charge in [-0.2, -0.15) is 0 Å². The number of nitrogens with one attached hydrogen (secondary N) is 1. The molecule has 0 amide bonds. The predicted octanol–water partition coefficient (Wildman–Crippen LogP) is 3.63. The summed E-state index contributed by atoms with van der Waals surface area (Å²) >= 11 is 0. The molecule has 2 rings (SSSR count). The van der Waals surface area contributed by atoms with E-state index in [-0.39, 0.29) is 0 Å². The number of rotatable bonds is 4. The van der Waals surface area contributed by atoms with Crippen LogP contribution in [0.2, 0.25) is 0 Å². The SMILES string of the molecule is CCN(CC)Cc1c[nH]c2cc(C)c(C)cc12. The molecule has 0 spiro atoms. The number of hydrogen-bond acceptors (Lipinski definition) is 1. The van der Waals surface area contributed by atoms with Gasteiger partial charge in [0.2, 0.25) is 0 Å². The van der Waals surface area contributed by atoms with Gasteiger partial charge in [-0.3, -0.25) is 4.90 Å². The summed E-state index contributed by atoms with van der Waals surface area (Å²) in [7, 11) is 0. The topological polar surface area (TPSA) is 19.0 Å². The van der Waals surface area contributed by atoms with E-state index < -0.39 is 0 Å². The number of benzene rings is 1. The number of nitrogens with zero attached hydrogens (tertiary/aromatic N) is 1. The van der Waals surface area contributed by atoms with Gasteiger partial charge in [0, 0.05) is 23.6 Å². The molecule has 2 nitrogen and oxygen atoms in total. The predicted molar refractivity (Wildman–Crippen MR) is 74.4 cm³/mol. The minimum absolute atomic E-state index is 1.04. The molecule has 17 heavy (non-hydrogen) atoms. The van der Waals surface area contributed by atoms with Crippen LogP contribution in [0.1, 0.15) is 30.5 Å². The summed E-state index contributed by atoms with van der Waals surface area (Å²) in [5, 5.41) is 1.38. The molecular weight excluding hydrogens is 208 g/mol. The third-order valence-corrected chi connectivity index (χ3v) is 3.67. The van der Waals surface area contributed by atoms with Crippen molar-refractivity contribution >= 4 is 10.9 Å². The summed E-state index contributed by atoms with van der Waals surface area (Å²) in [6, 6.07) is 4.55. The van der Waals surface area contributed by atoms with Gasteiger partial charge in [-0.1, -0.05) is 13.8 Å². The van der Waals surface area contributed by atoms with E-state index in [1.165, 1.54) is 27.6 Å². The highest BCUT2D eigenvalue weighted by molar-refractivity contribution is 5.84. The lowest BCUT2D eigenvalue weighted by Crippen LogP contribution is -2.21. The summed E-state index contributed by atoms with van der Waals surface area (Å²) < 4.78 is 0. The standard InChI is InChI=1S/C15H22N2/c1-5-17(6-2)10-13-9-16-15-8-12(4)11(3)7-14(13)15/h7-9,16H,5-6,10H2,1-4H3. The van der Waals surface area contributed by atoms with Crippen molar-refractivity contribution in [3.05, 3.63) is 35.0 Å². The summed E-state index contributed by atoms with van der Waals surface area (Å²) in [5.41, 5.74) is 5.40. The molecule has 1 N–H and O–H groups in total. The fourth-order valence-electron chi connectivity index (χ4n) is 2.26. The van der Waals surface area contributed by atoms with Crippen LogP contribution in [0.5, 0.6) is 0 Å². The van der Waals surface area contributed by atoms with E-state index in [4.69, 9.17) is 0 Å². The Balaban J connectivity index is 2.38. The van der Waals surface area contributed by atoms with Crippen molar-refractivity contribution in [1.29, 1.82) is 0 Å². The number of H-pyrrole nitrogens is 1. The first-order valence-corrected chi connectivity index (χ1v) is 6.45. The van der Waals surface area contributed by atoms with E-state index >= 15 is 0 Å². The molecule has 0 aliphatic carbocycles. The van der Waals surface area contributed by atoms with Gasteiger partial charge in [-0.05, 0) is 55.8 Å². The van der Waals surface area contributed by atoms with E-state index in [2.05, 4.69) is 55.9 Å². The van der Waals surface area contributed by atoms with Crippen LogP contribution in [0, 0.1) is 13.8 Å². The fourth-order valence-corrected chi connectivity index (χ4v) is 2.26. The molecule has 1 heterocycles. The molecule has 1 aromatic heterocycles. The number of aromatic nitrogens is 1. The van der Waals surface area contributed by atoms with E-state index in [1.54, 1.807) is 0 Å². The smallest absolute Gasteiger partial charge is 0.0460 e. The number of hydrogen-bond donors (Lipinski definition) is 1. The summed E-state index contributed by atoms with van der Waals surface area (Å²) in [4.78, 5) is 5.83. The molecule has 2 heteroatoms. The molecule has 0 radical (unpaired) electrons. The number of aryl methyl sites for hydroxylation is 2. The summed E-state index contributed by atoms with van der Waals surface area (Å²) in [6.07, 6.45) is 2.15. The zero-order chi connectivity index (χ0) is 12.4. The van der Waals surface area contributed by atoms with Crippen molar-refractivity contribution < 1.29 is 0 Å². The molecule has 92 valence electrons. The Morgan fingerprint density at radius 1 is 1.06 bits per heavy atom. The number of fused-ring (bicyclic) bond motifs is 1. The third-order valence-electron chi connectivity index (χ3n) is 3.67. The maximum Gasteiger partial charge on any atom is 0.0460 e. The average molecular weight is 230 g/mol. The van der Waals surface area contributed by atoms with E-state index in [0.29, 0.717) is 0 Å². The molecule has 0 saturated carbocycles. The molecule has 0 unspecified atom stereocenters. The molecular formula is C15H22N2. The molecule has 0 aliphatic rings. The highest BCUT2D eigenvalue weighted by Gasteiger charge is 2.08. The van der Waals surface area contributed by atoms with Gasteiger partial charge in [0.1, 0.15) is 0 Å². The van der Waals surface area contributed by atoms with E-state index in [0.717, 1.165) is 19.6 Å². The Morgan fingerprint density at radius 3 is 2.35 bits per heavy atom. The molecule has 0 fully saturated rings. The second kappa shape index (κ2) is 4.92. The first kappa shape index (κ1) is 12.2. The van der Waals surface area contributed by atoms with Crippen LogP contribution in [-0.2, 0) is 6.54 Å². The molecule has 0 aliphatic heterocycles. The Labute approximate surface area is 104 Å². The van der Waals surface area contributed by atoms with Crippen molar-refractivity contribution in [2.45, 2.75) is 34.2 Å². The highest BCUT2D eigenvalue weighted by Crippen LogP contribution is 2.23. The Morgan fingerprint density at radius 2 is 1.71 bits per heavy atom. The molecule has 0 saturated heterocycles. The lowest BCUT2D eigenvalue weighted by molar-refractivity contribution is 0.297. The molecule has 0 bridgehead atoms. The van der Waals surface area contributed by atoms with Gasteiger partial charge < -0.3 is 4.98 Å². The molecule has 2 aromatic rings. The van der Waals surface area contributed by atoms with Crippen LogP contribution < -0.4 is 0 Å². The van der Waals surface area contributed by atoms with Crippen LogP contribution in [0.3, 0.4) is 0 Å². The minimum atomic E-state index is 1.04. The first-order valence-electron chi connectivity index (χ1n) is 6.45. The fraction of sp³-hybridized carbons (Fsp3) is 0.467.